The summed E-state index contributed by atoms with van der Waals surface area (Å²) in [6.45, 7) is 6.80. The van der Waals surface area contributed by atoms with Gasteiger partial charge in [0.15, 0.2) is 5.96 Å². The Balaban J connectivity index is 0.00000256. The summed E-state index contributed by atoms with van der Waals surface area (Å²) in [5.41, 5.74) is 0. The number of hydrogen-bond acceptors (Lipinski definition) is 2. The van der Waals surface area contributed by atoms with Gasteiger partial charge in [-0.1, -0.05) is 6.92 Å². The van der Waals surface area contributed by atoms with Gasteiger partial charge >= 0.3 is 0 Å². The summed E-state index contributed by atoms with van der Waals surface area (Å²) >= 11 is 5.17. The largest absolute Gasteiger partial charge is 0.357 e. The van der Waals surface area contributed by atoms with E-state index in [-0.39, 0.29) is 24.0 Å². The Morgan fingerprint density at radius 2 is 2.18 bits per heavy atom. The van der Waals surface area contributed by atoms with E-state index in [2.05, 4.69) is 56.8 Å². The zero-order valence-electron chi connectivity index (χ0n) is 10.1. The van der Waals surface area contributed by atoms with Crippen molar-refractivity contribution in [2.75, 3.05) is 13.1 Å². The van der Waals surface area contributed by atoms with Crippen molar-refractivity contribution in [2.24, 2.45) is 4.99 Å². The van der Waals surface area contributed by atoms with Crippen LogP contribution in [0, 0.1) is 0 Å². The van der Waals surface area contributed by atoms with Crippen molar-refractivity contribution in [3.63, 3.8) is 0 Å². The van der Waals surface area contributed by atoms with E-state index in [0.717, 1.165) is 36.5 Å². The summed E-state index contributed by atoms with van der Waals surface area (Å²) in [4.78, 5) is 5.78. The summed E-state index contributed by atoms with van der Waals surface area (Å²) < 4.78 is 1.13. The number of nitrogens with zero attached hydrogens (tertiary/aromatic N) is 1. The second kappa shape index (κ2) is 10.1. The maximum Gasteiger partial charge on any atom is 0.191 e. The second-order valence-corrected chi connectivity index (χ2v) is 5.26. The van der Waals surface area contributed by atoms with Gasteiger partial charge in [0.1, 0.15) is 0 Å². The number of hydrogen-bond donors (Lipinski definition) is 2. The van der Waals surface area contributed by atoms with Gasteiger partial charge in [-0.2, -0.15) is 0 Å². The molecule has 0 radical (unpaired) electrons. The maximum absolute atomic E-state index is 4.52. The van der Waals surface area contributed by atoms with Crippen LogP contribution in [-0.4, -0.2) is 19.0 Å². The third-order valence-corrected chi connectivity index (χ3v) is 3.58. The maximum atomic E-state index is 4.52. The molecule has 1 aromatic rings. The van der Waals surface area contributed by atoms with Gasteiger partial charge in [-0.15, -0.1) is 35.3 Å². The lowest BCUT2D eigenvalue weighted by Crippen LogP contribution is -2.37. The minimum absolute atomic E-state index is 0. The van der Waals surface area contributed by atoms with E-state index in [1.54, 1.807) is 11.3 Å². The third kappa shape index (κ3) is 7.25. The van der Waals surface area contributed by atoms with E-state index in [9.17, 15) is 0 Å². The molecule has 3 nitrogen and oxygen atoms in total. The Kier molecular flexibility index (Phi) is 10.2. The molecule has 1 rings (SSSR count). The van der Waals surface area contributed by atoms with Crippen LogP contribution in [0.15, 0.2) is 20.9 Å². The first-order chi connectivity index (χ1) is 7.76. The highest BCUT2D eigenvalue weighted by Crippen LogP contribution is 2.20. The highest BCUT2D eigenvalue weighted by atomic mass is 127. The van der Waals surface area contributed by atoms with Crippen LogP contribution in [0.5, 0.6) is 0 Å². The molecule has 0 atom stereocenters. The molecule has 1 aromatic heterocycles. The van der Waals surface area contributed by atoms with Crippen LogP contribution >= 0.6 is 51.2 Å². The molecule has 0 unspecified atom stereocenters. The molecule has 6 heteroatoms. The first-order valence-corrected chi connectivity index (χ1v) is 7.18. The second-order valence-electron chi connectivity index (χ2n) is 3.35. The number of halogens is 2. The molecule has 17 heavy (non-hydrogen) atoms. The molecule has 0 bridgehead atoms. The molecule has 0 aliphatic heterocycles. The summed E-state index contributed by atoms with van der Waals surface area (Å²) in [7, 11) is 0. The number of guanidine groups is 1. The Bertz CT molecular complexity index is 341. The fourth-order valence-corrected chi connectivity index (χ4v) is 2.55. The highest BCUT2D eigenvalue weighted by molar-refractivity contribution is 14.0. The van der Waals surface area contributed by atoms with Crippen LogP contribution in [0.2, 0.25) is 0 Å². The van der Waals surface area contributed by atoms with Gasteiger partial charge in [0.25, 0.3) is 0 Å². The van der Waals surface area contributed by atoms with Gasteiger partial charge in [0, 0.05) is 27.8 Å². The van der Waals surface area contributed by atoms with E-state index in [1.165, 1.54) is 4.88 Å². The van der Waals surface area contributed by atoms with Crippen LogP contribution in [0.4, 0.5) is 0 Å². The van der Waals surface area contributed by atoms with E-state index in [1.807, 2.05) is 0 Å². The number of thiophene rings is 1. The third-order valence-electron chi connectivity index (χ3n) is 1.90. The normalized spacial score (nSPS) is 10.9. The summed E-state index contributed by atoms with van der Waals surface area (Å²) in [6, 6.07) is 2.11. The zero-order chi connectivity index (χ0) is 11.8. The van der Waals surface area contributed by atoms with Crippen molar-refractivity contribution in [1.82, 2.24) is 10.6 Å². The minimum Gasteiger partial charge on any atom is -0.357 e. The van der Waals surface area contributed by atoms with Crippen molar-refractivity contribution in [3.8, 4) is 0 Å². The fraction of sp³-hybridized carbons (Fsp3) is 0.545. The molecule has 0 spiro atoms. The van der Waals surface area contributed by atoms with Crippen molar-refractivity contribution in [1.29, 1.82) is 0 Å². The Labute approximate surface area is 133 Å². The molecule has 0 saturated heterocycles. The monoisotopic (exact) mass is 431 g/mol. The van der Waals surface area contributed by atoms with Gasteiger partial charge in [0.05, 0.1) is 6.54 Å². The summed E-state index contributed by atoms with van der Waals surface area (Å²) in [5.74, 6) is 0.897. The SMILES string of the molecule is CCCNC(=NCc1cc(Br)cs1)NCC.I. The molecule has 2 N–H and O–H groups in total. The lowest BCUT2D eigenvalue weighted by molar-refractivity contribution is 0.786. The van der Waals surface area contributed by atoms with E-state index >= 15 is 0 Å². The summed E-state index contributed by atoms with van der Waals surface area (Å²) in [5, 5.41) is 8.59. The number of aliphatic imine (C=N–C) groups is 1. The van der Waals surface area contributed by atoms with E-state index in [4.69, 9.17) is 0 Å². The van der Waals surface area contributed by atoms with E-state index in [0.29, 0.717) is 0 Å². The molecular weight excluding hydrogens is 413 g/mol. The Morgan fingerprint density at radius 3 is 2.71 bits per heavy atom. The average Bonchev–Trinajstić information content (AvgIpc) is 2.68. The molecule has 0 fully saturated rings. The standard InChI is InChI=1S/C11H18BrN3S.HI/c1-3-5-14-11(13-4-2)15-7-10-6-9(12)8-16-10;/h6,8H,3-5,7H2,1-2H3,(H2,13,14,15);1H. The Morgan fingerprint density at radius 1 is 1.41 bits per heavy atom. The molecule has 0 aromatic carbocycles. The molecular formula is C11H19BrIN3S. The van der Waals surface area contributed by atoms with Gasteiger partial charge in [0.2, 0.25) is 0 Å². The smallest absolute Gasteiger partial charge is 0.191 e. The van der Waals surface area contributed by atoms with Crippen molar-refractivity contribution in [2.45, 2.75) is 26.8 Å². The number of rotatable bonds is 5. The first-order valence-electron chi connectivity index (χ1n) is 5.51. The van der Waals surface area contributed by atoms with Crippen molar-refractivity contribution < 1.29 is 0 Å². The van der Waals surface area contributed by atoms with Gasteiger partial charge in [-0.25, -0.2) is 4.99 Å². The van der Waals surface area contributed by atoms with Gasteiger partial charge in [-0.3, -0.25) is 0 Å². The molecule has 0 aliphatic carbocycles. The van der Waals surface area contributed by atoms with Crippen LogP contribution in [0.1, 0.15) is 25.1 Å². The predicted octanol–water partition coefficient (Wildman–Crippen LogP) is 3.59. The lowest BCUT2D eigenvalue weighted by atomic mass is 10.4. The van der Waals surface area contributed by atoms with Crippen molar-refractivity contribution in [3.05, 3.63) is 20.8 Å². The van der Waals surface area contributed by atoms with Crippen LogP contribution in [0.3, 0.4) is 0 Å². The van der Waals surface area contributed by atoms with Crippen LogP contribution in [0.25, 0.3) is 0 Å². The summed E-state index contributed by atoms with van der Waals surface area (Å²) in [6.07, 6.45) is 1.11. The quantitative estimate of drug-likeness (QED) is 0.424. The molecule has 0 saturated carbocycles. The van der Waals surface area contributed by atoms with Gasteiger partial charge < -0.3 is 10.6 Å². The van der Waals surface area contributed by atoms with Gasteiger partial charge in [-0.05, 0) is 35.3 Å². The average molecular weight is 432 g/mol. The van der Waals surface area contributed by atoms with Crippen LogP contribution in [-0.2, 0) is 6.54 Å². The molecule has 0 amide bonds. The number of nitrogens with one attached hydrogen (secondary N) is 2. The lowest BCUT2D eigenvalue weighted by Gasteiger charge is -2.09. The molecule has 1 heterocycles. The first kappa shape index (κ1) is 17.2. The Hall–Kier alpha value is 0.180. The van der Waals surface area contributed by atoms with Crippen molar-refractivity contribution >= 4 is 57.2 Å². The topological polar surface area (TPSA) is 36.4 Å². The predicted molar refractivity (Wildman–Crippen MR) is 90.5 cm³/mol. The fourth-order valence-electron chi connectivity index (χ4n) is 1.18. The molecule has 0 aliphatic rings. The highest BCUT2D eigenvalue weighted by Gasteiger charge is 1.98. The minimum atomic E-state index is 0. The zero-order valence-corrected chi connectivity index (χ0v) is 14.9. The van der Waals surface area contributed by atoms with Crippen LogP contribution < -0.4 is 10.6 Å². The van der Waals surface area contributed by atoms with E-state index < -0.39 is 0 Å². The molecule has 98 valence electrons.